The van der Waals surface area contributed by atoms with Gasteiger partial charge in [-0.05, 0) is 25.0 Å². The molecule has 1 heterocycles. The lowest BCUT2D eigenvalue weighted by Gasteiger charge is -2.16. The highest BCUT2D eigenvalue weighted by molar-refractivity contribution is 7.99. The molecule has 2 N–H and O–H groups in total. The van der Waals surface area contributed by atoms with Gasteiger partial charge in [0.25, 0.3) is 5.69 Å². The van der Waals surface area contributed by atoms with Crippen LogP contribution in [0.2, 0.25) is 0 Å². The summed E-state index contributed by atoms with van der Waals surface area (Å²) in [6.45, 7) is 0. The molecule has 1 aliphatic carbocycles. The molecule has 0 spiro atoms. The van der Waals surface area contributed by atoms with Gasteiger partial charge in [-0.15, -0.1) is 10.2 Å². The van der Waals surface area contributed by atoms with Gasteiger partial charge in [0.05, 0.1) is 10.7 Å². The normalized spacial score (nSPS) is 13.7. The van der Waals surface area contributed by atoms with Crippen LogP contribution in [-0.4, -0.2) is 38.4 Å². The zero-order valence-electron chi connectivity index (χ0n) is 13.0. The number of nitro benzene ring substituents is 1. The highest BCUT2D eigenvalue weighted by Crippen LogP contribution is 2.39. The Hall–Kier alpha value is -2.62. The molecule has 2 aromatic rings. The summed E-state index contributed by atoms with van der Waals surface area (Å²) < 4.78 is 1.86. The highest BCUT2D eigenvalue weighted by atomic mass is 32.2. The van der Waals surface area contributed by atoms with E-state index in [-0.39, 0.29) is 17.3 Å². The molecule has 10 heteroatoms. The lowest BCUT2D eigenvalue weighted by Crippen LogP contribution is -2.28. The van der Waals surface area contributed by atoms with Crippen LogP contribution in [0, 0.1) is 10.1 Å². The molecule has 0 atom stereocenters. The van der Waals surface area contributed by atoms with Crippen molar-refractivity contribution in [2.24, 2.45) is 0 Å². The van der Waals surface area contributed by atoms with E-state index in [1.54, 1.807) is 19.2 Å². The van der Waals surface area contributed by atoms with Crippen molar-refractivity contribution < 1.29 is 9.72 Å². The molecule has 1 aromatic heterocycles. The number of carbonyl (C=O) groups is 1. The summed E-state index contributed by atoms with van der Waals surface area (Å²) in [5, 5.41) is 19.2. The molecule has 0 bridgehead atoms. The number of anilines is 2. The van der Waals surface area contributed by atoms with Crippen molar-refractivity contribution in [3.63, 3.8) is 0 Å². The zero-order valence-corrected chi connectivity index (χ0v) is 13.8. The topological polar surface area (TPSA) is 120 Å². The summed E-state index contributed by atoms with van der Waals surface area (Å²) in [5.41, 5.74) is 6.38. The summed E-state index contributed by atoms with van der Waals surface area (Å²) >= 11 is 1.29. The molecule has 9 nitrogen and oxygen atoms in total. The van der Waals surface area contributed by atoms with Crippen LogP contribution < -0.4 is 10.6 Å². The maximum absolute atomic E-state index is 12.3. The maximum Gasteiger partial charge on any atom is 0.269 e. The summed E-state index contributed by atoms with van der Waals surface area (Å²) in [6, 6.07) is 6.18. The van der Waals surface area contributed by atoms with Crippen molar-refractivity contribution >= 4 is 35.0 Å². The van der Waals surface area contributed by atoms with Crippen LogP contribution in [0.4, 0.5) is 17.3 Å². The van der Waals surface area contributed by atoms with Gasteiger partial charge in [-0.3, -0.25) is 19.5 Å². The Morgan fingerprint density at radius 2 is 2.08 bits per heavy atom. The number of aromatic nitrogens is 3. The number of thioether (sulfide) groups is 1. The summed E-state index contributed by atoms with van der Waals surface area (Å²) in [7, 11) is 1.63. The van der Waals surface area contributed by atoms with E-state index in [9.17, 15) is 14.9 Å². The minimum absolute atomic E-state index is 0.0121. The molecule has 0 saturated heterocycles. The van der Waals surface area contributed by atoms with Gasteiger partial charge in [0.15, 0.2) is 5.16 Å². The van der Waals surface area contributed by atoms with E-state index in [2.05, 4.69) is 10.2 Å². The first-order valence-corrected chi connectivity index (χ1v) is 8.30. The lowest BCUT2D eigenvalue weighted by molar-refractivity contribution is -0.384. The van der Waals surface area contributed by atoms with E-state index in [1.165, 1.54) is 28.8 Å². The Morgan fingerprint density at radius 3 is 2.67 bits per heavy atom. The van der Waals surface area contributed by atoms with E-state index >= 15 is 0 Å². The number of rotatable bonds is 6. The average Bonchev–Trinajstić information content (AvgIpc) is 3.35. The standard InChI is InChI=1S/C14H16N6O3S/c1-18(9-2-6-11(7-3-9)20(22)23)12(21)8-24-14-17-16-13(15)19(14)10-4-5-10/h2-3,6-7,10H,4-5,8H2,1H3,(H2,15,16). The Balaban J connectivity index is 1.63. The van der Waals surface area contributed by atoms with E-state index in [4.69, 9.17) is 5.73 Å². The summed E-state index contributed by atoms with van der Waals surface area (Å²) in [5.74, 6) is 0.409. The maximum atomic E-state index is 12.3. The molecule has 1 amide bonds. The molecule has 1 aliphatic rings. The van der Waals surface area contributed by atoms with Crippen LogP contribution in [0.1, 0.15) is 18.9 Å². The van der Waals surface area contributed by atoms with Gasteiger partial charge in [-0.1, -0.05) is 11.8 Å². The van der Waals surface area contributed by atoms with Gasteiger partial charge in [0, 0.05) is 30.9 Å². The number of hydrogen-bond donors (Lipinski definition) is 1. The molecular weight excluding hydrogens is 332 g/mol. The average molecular weight is 348 g/mol. The second kappa shape index (κ2) is 6.48. The second-order valence-electron chi connectivity index (χ2n) is 5.46. The van der Waals surface area contributed by atoms with E-state index < -0.39 is 4.92 Å². The number of nitrogens with zero attached hydrogens (tertiary/aromatic N) is 5. The monoisotopic (exact) mass is 348 g/mol. The third-order valence-corrected chi connectivity index (χ3v) is 4.68. The van der Waals surface area contributed by atoms with Crippen LogP contribution in [0.3, 0.4) is 0 Å². The van der Waals surface area contributed by atoms with Crippen molar-refractivity contribution in [2.45, 2.75) is 24.0 Å². The quantitative estimate of drug-likeness (QED) is 0.480. The van der Waals surface area contributed by atoms with Crippen molar-refractivity contribution in [3.05, 3.63) is 34.4 Å². The van der Waals surface area contributed by atoms with Crippen molar-refractivity contribution in [1.82, 2.24) is 14.8 Å². The number of hydrogen-bond acceptors (Lipinski definition) is 7. The fourth-order valence-corrected chi connectivity index (χ4v) is 3.15. The van der Waals surface area contributed by atoms with Crippen LogP contribution >= 0.6 is 11.8 Å². The molecule has 126 valence electrons. The number of nitrogens with two attached hydrogens (primary N) is 1. The van der Waals surface area contributed by atoms with Gasteiger partial charge < -0.3 is 10.6 Å². The highest BCUT2D eigenvalue weighted by Gasteiger charge is 2.29. The fraction of sp³-hybridized carbons (Fsp3) is 0.357. The molecule has 24 heavy (non-hydrogen) atoms. The Bertz CT molecular complexity index is 771. The van der Waals surface area contributed by atoms with Gasteiger partial charge >= 0.3 is 0 Å². The predicted molar refractivity (Wildman–Crippen MR) is 89.9 cm³/mol. The first-order chi connectivity index (χ1) is 11.5. The first-order valence-electron chi connectivity index (χ1n) is 7.31. The van der Waals surface area contributed by atoms with Crippen LogP contribution in [0.5, 0.6) is 0 Å². The molecule has 1 saturated carbocycles. The minimum Gasteiger partial charge on any atom is -0.368 e. The van der Waals surface area contributed by atoms with Crippen molar-refractivity contribution in [1.29, 1.82) is 0 Å². The minimum atomic E-state index is -0.476. The van der Waals surface area contributed by atoms with E-state index in [0.29, 0.717) is 22.8 Å². The lowest BCUT2D eigenvalue weighted by atomic mass is 10.2. The van der Waals surface area contributed by atoms with Crippen LogP contribution in [0.15, 0.2) is 29.4 Å². The van der Waals surface area contributed by atoms with Crippen molar-refractivity contribution in [3.8, 4) is 0 Å². The second-order valence-corrected chi connectivity index (χ2v) is 6.40. The Kier molecular flexibility index (Phi) is 4.38. The molecule has 0 unspecified atom stereocenters. The third-order valence-electron chi connectivity index (χ3n) is 3.75. The molecule has 1 fully saturated rings. The zero-order chi connectivity index (χ0) is 17.3. The van der Waals surface area contributed by atoms with Crippen LogP contribution in [-0.2, 0) is 4.79 Å². The number of nitro groups is 1. The van der Waals surface area contributed by atoms with E-state index in [0.717, 1.165) is 12.8 Å². The molecule has 3 rings (SSSR count). The van der Waals surface area contributed by atoms with E-state index in [1.807, 2.05) is 4.57 Å². The SMILES string of the molecule is CN(C(=O)CSc1nnc(N)n1C1CC1)c1ccc([N+](=O)[O-])cc1. The number of carbonyl (C=O) groups excluding carboxylic acids is 1. The smallest absolute Gasteiger partial charge is 0.269 e. The number of nitrogen functional groups attached to an aromatic ring is 1. The largest absolute Gasteiger partial charge is 0.368 e. The fourth-order valence-electron chi connectivity index (χ4n) is 2.23. The Labute approximate surface area is 142 Å². The number of non-ortho nitro benzene ring substituents is 1. The van der Waals surface area contributed by atoms with Gasteiger partial charge in [-0.25, -0.2) is 0 Å². The number of amides is 1. The summed E-state index contributed by atoms with van der Waals surface area (Å²) in [4.78, 5) is 24.0. The van der Waals surface area contributed by atoms with Gasteiger partial charge in [0.1, 0.15) is 0 Å². The number of benzene rings is 1. The Morgan fingerprint density at radius 1 is 1.42 bits per heavy atom. The third kappa shape index (κ3) is 3.32. The van der Waals surface area contributed by atoms with Crippen LogP contribution in [0.25, 0.3) is 0 Å². The predicted octanol–water partition coefficient (Wildman–Crippen LogP) is 1.86. The molecule has 0 aliphatic heterocycles. The molecular formula is C14H16N6O3S. The van der Waals surface area contributed by atoms with Gasteiger partial charge in [0.2, 0.25) is 11.9 Å². The molecule has 1 aromatic carbocycles. The molecule has 0 radical (unpaired) electrons. The summed E-state index contributed by atoms with van der Waals surface area (Å²) in [6.07, 6.45) is 2.10. The van der Waals surface area contributed by atoms with Gasteiger partial charge in [-0.2, -0.15) is 0 Å². The van der Waals surface area contributed by atoms with Crippen molar-refractivity contribution in [2.75, 3.05) is 23.4 Å². The first kappa shape index (κ1) is 16.2.